The zero-order chi connectivity index (χ0) is 24.0. The third-order valence-electron chi connectivity index (χ3n) is 5.81. The number of nitrogens with zero attached hydrogens (tertiary/aromatic N) is 7. The van der Waals surface area contributed by atoms with Gasteiger partial charge in [0.1, 0.15) is 11.6 Å². The summed E-state index contributed by atoms with van der Waals surface area (Å²) in [6.45, 7) is 2.76. The van der Waals surface area contributed by atoms with Crippen molar-refractivity contribution in [2.24, 2.45) is 0 Å². The average molecular weight is 488 g/mol. The molecule has 1 aliphatic heterocycles. The summed E-state index contributed by atoms with van der Waals surface area (Å²) < 4.78 is 7.37. The molecule has 0 bridgehead atoms. The monoisotopic (exact) mass is 487 g/mol. The van der Waals surface area contributed by atoms with Crippen molar-refractivity contribution >= 4 is 23.5 Å². The Bertz CT molecular complexity index is 1280. The normalized spacial score (nSPS) is 13.6. The number of anilines is 1. The molecular weight excluding hydrogens is 462 g/mol. The Morgan fingerprint density at radius 3 is 2.57 bits per heavy atom. The summed E-state index contributed by atoms with van der Waals surface area (Å²) >= 11 is 1.40. The molecular formula is C25H25N7O2S. The number of ether oxygens (including phenoxy) is 1. The first-order valence-electron chi connectivity index (χ1n) is 11.3. The van der Waals surface area contributed by atoms with Crippen molar-refractivity contribution in [3.63, 3.8) is 0 Å². The number of carbonyl (C=O) groups is 1. The number of thioether (sulfide) groups is 1. The number of carbonyl (C=O) groups excluding carboxylic acids is 1. The van der Waals surface area contributed by atoms with E-state index in [1.165, 1.54) is 11.8 Å². The molecule has 0 unspecified atom stereocenters. The van der Waals surface area contributed by atoms with Crippen LogP contribution in [-0.2, 0) is 4.79 Å². The summed E-state index contributed by atoms with van der Waals surface area (Å²) in [7, 11) is 1.64. The summed E-state index contributed by atoms with van der Waals surface area (Å²) in [6, 6.07) is 17.6. The number of piperazine rings is 1. The van der Waals surface area contributed by atoms with Gasteiger partial charge in [-0.1, -0.05) is 42.1 Å². The molecule has 5 rings (SSSR count). The van der Waals surface area contributed by atoms with Crippen molar-refractivity contribution in [3.8, 4) is 22.8 Å². The number of aromatic nitrogens is 5. The summed E-state index contributed by atoms with van der Waals surface area (Å²) in [4.78, 5) is 25.5. The van der Waals surface area contributed by atoms with Gasteiger partial charge in [0, 0.05) is 49.8 Å². The standard InChI is InChI=1S/C25H25N7O2S/c1-34-21-9-5-6-19(16-21)24-28-29-25(32(24)20-7-3-2-4-8-20)35-18-23(33)31-14-12-30(13-15-31)22-17-26-10-11-27-22/h2-11,16-17H,12-15,18H2,1H3. The van der Waals surface area contributed by atoms with Crippen molar-refractivity contribution in [1.29, 1.82) is 0 Å². The van der Waals surface area contributed by atoms with Crippen LogP contribution in [0.1, 0.15) is 0 Å². The molecule has 0 atom stereocenters. The van der Waals surface area contributed by atoms with Gasteiger partial charge in [-0.05, 0) is 24.3 Å². The van der Waals surface area contributed by atoms with Crippen molar-refractivity contribution in [3.05, 3.63) is 73.2 Å². The zero-order valence-electron chi connectivity index (χ0n) is 19.3. The number of benzene rings is 2. The molecule has 9 nitrogen and oxygen atoms in total. The van der Waals surface area contributed by atoms with Crippen LogP contribution in [0.25, 0.3) is 17.1 Å². The van der Waals surface area contributed by atoms with E-state index in [-0.39, 0.29) is 11.7 Å². The maximum atomic E-state index is 13.0. The second-order valence-electron chi connectivity index (χ2n) is 7.93. The van der Waals surface area contributed by atoms with E-state index < -0.39 is 0 Å². The molecule has 1 fully saturated rings. The first-order valence-corrected chi connectivity index (χ1v) is 12.3. The Balaban J connectivity index is 1.30. The first-order chi connectivity index (χ1) is 17.2. The van der Waals surface area contributed by atoms with Crippen LogP contribution >= 0.6 is 11.8 Å². The fraction of sp³-hybridized carbons (Fsp3) is 0.240. The highest BCUT2D eigenvalue weighted by Crippen LogP contribution is 2.30. The number of para-hydroxylation sites is 1. The lowest BCUT2D eigenvalue weighted by Gasteiger charge is -2.35. The van der Waals surface area contributed by atoms with Gasteiger partial charge in [0.05, 0.1) is 19.1 Å². The minimum Gasteiger partial charge on any atom is -0.497 e. The molecule has 1 aliphatic rings. The van der Waals surface area contributed by atoms with Crippen LogP contribution in [0, 0.1) is 0 Å². The fourth-order valence-corrected chi connectivity index (χ4v) is 4.83. The minimum atomic E-state index is 0.0827. The molecule has 0 radical (unpaired) electrons. The summed E-state index contributed by atoms with van der Waals surface area (Å²) in [5.74, 6) is 2.65. The van der Waals surface area contributed by atoms with Crippen molar-refractivity contribution in [2.45, 2.75) is 5.16 Å². The predicted molar refractivity (Wildman–Crippen MR) is 135 cm³/mol. The number of hydrogen-bond acceptors (Lipinski definition) is 8. The predicted octanol–water partition coefficient (Wildman–Crippen LogP) is 3.17. The molecule has 1 amide bonds. The SMILES string of the molecule is COc1cccc(-c2nnc(SCC(=O)N3CCN(c4cnccn4)CC3)n2-c2ccccc2)c1. The second-order valence-corrected chi connectivity index (χ2v) is 8.87. The van der Waals surface area contributed by atoms with Gasteiger partial charge in [0.15, 0.2) is 11.0 Å². The van der Waals surface area contributed by atoms with Gasteiger partial charge in [-0.15, -0.1) is 10.2 Å². The molecule has 0 saturated carbocycles. The number of methoxy groups -OCH3 is 1. The molecule has 0 spiro atoms. The lowest BCUT2D eigenvalue weighted by Crippen LogP contribution is -2.49. The number of rotatable bonds is 7. The minimum absolute atomic E-state index is 0.0827. The molecule has 3 heterocycles. The Kier molecular flexibility index (Phi) is 6.89. The smallest absolute Gasteiger partial charge is 0.233 e. The second kappa shape index (κ2) is 10.6. The highest BCUT2D eigenvalue weighted by molar-refractivity contribution is 7.99. The van der Waals surface area contributed by atoms with E-state index in [1.54, 1.807) is 25.7 Å². The van der Waals surface area contributed by atoms with Gasteiger partial charge in [0.2, 0.25) is 5.91 Å². The van der Waals surface area contributed by atoms with Crippen LogP contribution in [-0.4, -0.2) is 74.6 Å². The highest BCUT2D eigenvalue weighted by atomic mass is 32.2. The van der Waals surface area contributed by atoms with Crippen LogP contribution in [0.2, 0.25) is 0 Å². The molecule has 0 aliphatic carbocycles. The quantitative estimate of drug-likeness (QED) is 0.367. The lowest BCUT2D eigenvalue weighted by atomic mass is 10.2. The highest BCUT2D eigenvalue weighted by Gasteiger charge is 2.23. The van der Waals surface area contributed by atoms with Crippen LogP contribution in [0.5, 0.6) is 5.75 Å². The average Bonchev–Trinajstić information content (AvgIpc) is 3.37. The van der Waals surface area contributed by atoms with E-state index in [0.29, 0.717) is 24.1 Å². The van der Waals surface area contributed by atoms with E-state index in [0.717, 1.165) is 35.9 Å². The zero-order valence-corrected chi connectivity index (χ0v) is 20.1. The van der Waals surface area contributed by atoms with Crippen molar-refractivity contribution in [1.82, 2.24) is 29.6 Å². The molecule has 4 aromatic rings. The first kappa shape index (κ1) is 22.9. The van der Waals surface area contributed by atoms with E-state index in [9.17, 15) is 4.79 Å². The van der Waals surface area contributed by atoms with Gasteiger partial charge < -0.3 is 14.5 Å². The number of amides is 1. The van der Waals surface area contributed by atoms with E-state index in [2.05, 4.69) is 25.1 Å². The maximum Gasteiger partial charge on any atom is 0.233 e. The fourth-order valence-electron chi connectivity index (χ4n) is 3.98. The van der Waals surface area contributed by atoms with Crippen LogP contribution in [0.15, 0.2) is 78.3 Å². The van der Waals surface area contributed by atoms with Crippen molar-refractivity contribution < 1.29 is 9.53 Å². The molecule has 2 aromatic carbocycles. The van der Waals surface area contributed by atoms with Gasteiger partial charge in [-0.3, -0.25) is 14.3 Å². The Hall–Kier alpha value is -3.92. The summed E-state index contributed by atoms with van der Waals surface area (Å²) in [6.07, 6.45) is 5.10. The molecule has 0 N–H and O–H groups in total. The van der Waals surface area contributed by atoms with Gasteiger partial charge in [-0.2, -0.15) is 0 Å². The van der Waals surface area contributed by atoms with E-state index in [1.807, 2.05) is 64.1 Å². The Labute approximate surface area is 207 Å². The summed E-state index contributed by atoms with van der Waals surface area (Å²) in [5.41, 5.74) is 1.82. The van der Waals surface area contributed by atoms with Gasteiger partial charge >= 0.3 is 0 Å². The van der Waals surface area contributed by atoms with E-state index in [4.69, 9.17) is 4.74 Å². The maximum absolute atomic E-state index is 13.0. The molecule has 178 valence electrons. The topological polar surface area (TPSA) is 89.3 Å². The lowest BCUT2D eigenvalue weighted by molar-refractivity contribution is -0.128. The van der Waals surface area contributed by atoms with Gasteiger partial charge in [-0.25, -0.2) is 4.98 Å². The van der Waals surface area contributed by atoms with E-state index >= 15 is 0 Å². The molecule has 35 heavy (non-hydrogen) atoms. The van der Waals surface area contributed by atoms with Crippen LogP contribution in [0.4, 0.5) is 5.82 Å². The van der Waals surface area contributed by atoms with Gasteiger partial charge in [0.25, 0.3) is 0 Å². The number of hydrogen-bond donors (Lipinski definition) is 0. The third-order valence-corrected chi connectivity index (χ3v) is 6.72. The Morgan fingerprint density at radius 1 is 1.00 bits per heavy atom. The summed E-state index contributed by atoms with van der Waals surface area (Å²) in [5, 5.41) is 9.57. The van der Waals surface area contributed by atoms with Crippen molar-refractivity contribution in [2.75, 3.05) is 43.9 Å². The van der Waals surface area contributed by atoms with Crippen LogP contribution < -0.4 is 9.64 Å². The van der Waals surface area contributed by atoms with Crippen LogP contribution in [0.3, 0.4) is 0 Å². The molecule has 1 saturated heterocycles. The molecule has 2 aromatic heterocycles. The third kappa shape index (κ3) is 5.12. The Morgan fingerprint density at radius 2 is 1.83 bits per heavy atom. The largest absolute Gasteiger partial charge is 0.497 e. The molecule has 10 heteroatoms.